The van der Waals surface area contributed by atoms with E-state index >= 15 is 0 Å². The molecule has 280 valence electrons. The van der Waals surface area contributed by atoms with Crippen LogP contribution in [0.3, 0.4) is 0 Å². The Morgan fingerprint density at radius 3 is 1.48 bits per heavy atom. The van der Waals surface area contributed by atoms with Crippen LogP contribution in [0.5, 0.6) is 11.5 Å². The third kappa shape index (κ3) is 9.75. The molecule has 2 aromatic carbocycles. The minimum absolute atomic E-state index is 0.120. The average molecular weight is 789 g/mol. The summed E-state index contributed by atoms with van der Waals surface area (Å²) in [6.07, 6.45) is -8.75. The minimum Gasteiger partial charge on any atom is -0.480 e. The number of aliphatic carboxylic acids is 1. The van der Waals surface area contributed by atoms with Crippen LogP contribution in [0.25, 0.3) is 11.4 Å². The first kappa shape index (κ1) is 41.2. The summed E-state index contributed by atoms with van der Waals surface area (Å²) in [7, 11) is 0. The molecule has 4 aromatic rings. The molecular formula is C30H22Cl2F8N4O8. The molecule has 0 bridgehead atoms. The van der Waals surface area contributed by atoms with Gasteiger partial charge in [-0.3, -0.25) is 9.59 Å². The molecule has 0 saturated heterocycles. The lowest BCUT2D eigenvalue weighted by Crippen LogP contribution is -2.28. The zero-order chi connectivity index (χ0) is 39.3. The molecule has 0 saturated carbocycles. The Kier molecular flexibility index (Phi) is 13.0. The van der Waals surface area contributed by atoms with Crippen LogP contribution in [-0.4, -0.2) is 56.4 Å². The second kappa shape index (κ2) is 16.4. The van der Waals surface area contributed by atoms with Gasteiger partial charge in [0.15, 0.2) is 24.8 Å². The van der Waals surface area contributed by atoms with E-state index in [1.54, 1.807) is 6.92 Å². The van der Waals surface area contributed by atoms with Crippen molar-refractivity contribution in [3.63, 3.8) is 0 Å². The molecule has 0 amide bonds. The summed E-state index contributed by atoms with van der Waals surface area (Å²) in [6.45, 7) is 2.27. The fraction of sp³-hybridized carbons (Fsp3) is 0.267. The second-order valence-corrected chi connectivity index (χ2v) is 10.9. The zero-order valence-electron chi connectivity index (χ0n) is 26.5. The molecule has 12 nitrogen and oxygen atoms in total. The van der Waals surface area contributed by atoms with Crippen molar-refractivity contribution >= 4 is 35.1 Å². The van der Waals surface area contributed by atoms with Crippen molar-refractivity contribution in [1.29, 1.82) is 0 Å². The SMILES string of the molecule is CCOC(=O)COc1cc(-n2ncc(C(F)(F)F)c(C)c2=O)c(F)cc1Cl.Cc1c(C(F)(F)F)cnn(-c2cc(OCC(=O)O)c(Cl)cc2F)c1=O. The highest BCUT2D eigenvalue weighted by atomic mass is 35.5. The first-order chi connectivity index (χ1) is 24.1. The molecule has 2 aromatic heterocycles. The van der Waals surface area contributed by atoms with Crippen molar-refractivity contribution in [2.75, 3.05) is 19.8 Å². The summed E-state index contributed by atoms with van der Waals surface area (Å²) in [4.78, 5) is 46.2. The van der Waals surface area contributed by atoms with Crippen LogP contribution in [0.15, 0.2) is 46.2 Å². The quantitative estimate of drug-likeness (QED) is 0.155. The fourth-order valence-corrected chi connectivity index (χ4v) is 4.46. The Bertz CT molecular complexity index is 2120. The maximum Gasteiger partial charge on any atom is 0.418 e. The predicted octanol–water partition coefficient (Wildman–Crippen LogP) is 6.11. The van der Waals surface area contributed by atoms with Gasteiger partial charge in [-0.1, -0.05) is 23.2 Å². The smallest absolute Gasteiger partial charge is 0.418 e. The van der Waals surface area contributed by atoms with Gasteiger partial charge in [-0.05, 0) is 32.9 Å². The monoisotopic (exact) mass is 788 g/mol. The van der Waals surface area contributed by atoms with Gasteiger partial charge in [0.25, 0.3) is 11.1 Å². The van der Waals surface area contributed by atoms with Crippen molar-refractivity contribution in [2.24, 2.45) is 0 Å². The molecule has 0 radical (unpaired) electrons. The van der Waals surface area contributed by atoms with E-state index in [4.69, 9.17) is 37.8 Å². The van der Waals surface area contributed by atoms with E-state index in [1.807, 2.05) is 0 Å². The molecule has 0 aliphatic carbocycles. The maximum absolute atomic E-state index is 14.2. The van der Waals surface area contributed by atoms with Gasteiger partial charge in [-0.15, -0.1) is 0 Å². The molecule has 22 heteroatoms. The van der Waals surface area contributed by atoms with E-state index in [0.717, 1.165) is 38.1 Å². The van der Waals surface area contributed by atoms with Gasteiger partial charge in [0.1, 0.15) is 22.9 Å². The highest BCUT2D eigenvalue weighted by Gasteiger charge is 2.35. The average Bonchev–Trinajstić information content (AvgIpc) is 3.02. The fourth-order valence-electron chi connectivity index (χ4n) is 4.05. The van der Waals surface area contributed by atoms with Gasteiger partial charge >= 0.3 is 24.3 Å². The van der Waals surface area contributed by atoms with Crippen molar-refractivity contribution in [1.82, 2.24) is 19.6 Å². The largest absolute Gasteiger partial charge is 0.480 e. The topological polar surface area (TPSA) is 152 Å². The van der Waals surface area contributed by atoms with Crippen molar-refractivity contribution < 1.29 is 64.0 Å². The molecule has 0 aliphatic rings. The third-order valence-electron chi connectivity index (χ3n) is 6.51. The molecule has 0 aliphatic heterocycles. The number of carbonyl (C=O) groups excluding carboxylic acids is 1. The Labute approximate surface area is 295 Å². The number of ether oxygens (including phenoxy) is 3. The predicted molar refractivity (Wildman–Crippen MR) is 164 cm³/mol. The number of carboxylic acid groups (broad SMARTS) is 1. The summed E-state index contributed by atoms with van der Waals surface area (Å²) in [6, 6.07) is 3.35. The number of esters is 1. The molecule has 52 heavy (non-hydrogen) atoms. The molecule has 0 atom stereocenters. The van der Waals surface area contributed by atoms with Crippen molar-refractivity contribution in [3.05, 3.63) is 101 Å². The van der Waals surface area contributed by atoms with E-state index in [1.165, 1.54) is 0 Å². The molecule has 0 unspecified atom stereocenters. The highest BCUT2D eigenvalue weighted by Crippen LogP contribution is 2.33. The molecule has 2 heterocycles. The Balaban J connectivity index is 0.000000281. The molecule has 4 rings (SSSR count). The Morgan fingerprint density at radius 2 is 1.13 bits per heavy atom. The first-order valence-electron chi connectivity index (χ1n) is 14.0. The van der Waals surface area contributed by atoms with E-state index in [9.17, 15) is 54.3 Å². The molecule has 0 fully saturated rings. The lowest BCUT2D eigenvalue weighted by atomic mass is 10.2. The van der Waals surface area contributed by atoms with Crippen molar-refractivity contribution in [2.45, 2.75) is 33.1 Å². The maximum atomic E-state index is 14.2. The molecule has 0 spiro atoms. The van der Waals surface area contributed by atoms with E-state index < -0.39 is 93.9 Å². The first-order valence-corrected chi connectivity index (χ1v) is 14.8. The lowest BCUT2D eigenvalue weighted by molar-refractivity contribution is -0.145. The second-order valence-electron chi connectivity index (χ2n) is 10.0. The van der Waals surface area contributed by atoms with Gasteiger partial charge in [0.05, 0.1) is 40.2 Å². The lowest BCUT2D eigenvalue weighted by Gasteiger charge is -2.14. The third-order valence-corrected chi connectivity index (χ3v) is 7.10. The zero-order valence-corrected chi connectivity index (χ0v) is 28.0. The van der Waals surface area contributed by atoms with Crippen LogP contribution in [0.4, 0.5) is 35.1 Å². The number of aromatic nitrogens is 4. The Morgan fingerprint density at radius 1 is 0.750 bits per heavy atom. The summed E-state index contributed by atoms with van der Waals surface area (Å²) in [5, 5.41) is 14.8. The number of rotatable bonds is 9. The number of hydrogen-bond donors (Lipinski definition) is 1. The standard InChI is InChI=1S/C16H13ClF4N2O4.C14H9ClF4N2O4/c1-3-26-14(24)7-27-13-5-12(11(18)4-10(13)17)23-15(25)8(2)9(6-22-23)16(19,20)21;1-6-7(14(17,18)19)4-20-21(13(6)24)10-3-11(25-5-12(22)23)8(15)2-9(10)16/h4-6H,3,7H2,1-2H3;2-4H,5H2,1H3,(H,22,23). The van der Waals surface area contributed by atoms with Crippen LogP contribution in [0, 0.1) is 25.5 Å². The molecular weight excluding hydrogens is 767 g/mol. The number of carboxylic acids is 1. The van der Waals surface area contributed by atoms with Crippen LogP contribution in [-0.2, 0) is 26.7 Å². The highest BCUT2D eigenvalue weighted by molar-refractivity contribution is 6.32. The van der Waals surface area contributed by atoms with Gasteiger partial charge < -0.3 is 19.3 Å². The van der Waals surface area contributed by atoms with Gasteiger partial charge in [-0.2, -0.15) is 45.9 Å². The van der Waals surface area contributed by atoms with Gasteiger partial charge in [0, 0.05) is 23.3 Å². The number of carbonyl (C=O) groups is 2. The molecule has 1 N–H and O–H groups in total. The van der Waals surface area contributed by atoms with Crippen LogP contribution < -0.4 is 20.6 Å². The summed E-state index contributed by atoms with van der Waals surface area (Å²) < 4.78 is 121. The summed E-state index contributed by atoms with van der Waals surface area (Å²) >= 11 is 11.5. The number of nitrogens with zero attached hydrogens (tertiary/aromatic N) is 4. The van der Waals surface area contributed by atoms with Crippen LogP contribution >= 0.6 is 23.2 Å². The number of benzene rings is 2. The van der Waals surface area contributed by atoms with Crippen molar-refractivity contribution in [3.8, 4) is 22.9 Å². The van der Waals surface area contributed by atoms with E-state index in [2.05, 4.69) is 14.9 Å². The minimum atomic E-state index is -4.79. The van der Waals surface area contributed by atoms with Gasteiger partial charge in [0.2, 0.25) is 0 Å². The number of alkyl halides is 6. The summed E-state index contributed by atoms with van der Waals surface area (Å²) in [5.74, 6) is -4.56. The van der Waals surface area contributed by atoms with E-state index in [-0.39, 0.29) is 28.2 Å². The van der Waals surface area contributed by atoms with Crippen LogP contribution in [0.2, 0.25) is 10.0 Å². The van der Waals surface area contributed by atoms with Crippen LogP contribution in [0.1, 0.15) is 29.2 Å². The normalized spacial score (nSPS) is 11.4. The summed E-state index contributed by atoms with van der Waals surface area (Å²) in [5.41, 5.74) is -7.18. The number of halogens is 10. The number of hydrogen-bond acceptors (Lipinski definition) is 9. The van der Waals surface area contributed by atoms with E-state index in [0.29, 0.717) is 21.8 Å². The Hall–Kier alpha value is -5.24. The van der Waals surface area contributed by atoms with Gasteiger partial charge in [-0.25, -0.2) is 18.4 Å².